The topological polar surface area (TPSA) is 41.6 Å². The maximum atomic E-state index is 9.43. The van der Waals surface area contributed by atoms with E-state index >= 15 is 0 Å². The van der Waals surface area contributed by atoms with Gasteiger partial charge < -0.3 is 0 Å². The fourth-order valence-corrected chi connectivity index (χ4v) is 2.83. The van der Waals surface area contributed by atoms with Gasteiger partial charge in [0.25, 0.3) is 0 Å². The molecule has 1 heterocycles. The Bertz CT molecular complexity index is 419. The molecule has 2 rings (SSSR count). The lowest BCUT2D eigenvalue weighted by atomic mass is 9.83. The monoisotopic (exact) mass is 231 g/mol. The molecule has 0 atom stereocenters. The highest BCUT2D eigenvalue weighted by Crippen LogP contribution is 2.40. The second-order valence-electron chi connectivity index (χ2n) is 5.07. The number of nitriles is 1. The van der Waals surface area contributed by atoms with Crippen molar-refractivity contribution in [2.45, 2.75) is 58.9 Å². The summed E-state index contributed by atoms with van der Waals surface area (Å²) in [6.45, 7) is 5.14. The molecule has 17 heavy (non-hydrogen) atoms. The summed E-state index contributed by atoms with van der Waals surface area (Å²) in [5.74, 6) is 0. The second kappa shape index (κ2) is 4.91. The molecule has 92 valence electrons. The molecule has 0 radical (unpaired) electrons. The van der Waals surface area contributed by atoms with Gasteiger partial charge in [-0.3, -0.25) is 4.68 Å². The maximum Gasteiger partial charge on any atom is 0.0693 e. The van der Waals surface area contributed by atoms with Gasteiger partial charge in [0, 0.05) is 18.7 Å². The molecule has 1 fully saturated rings. The fourth-order valence-electron chi connectivity index (χ4n) is 2.83. The van der Waals surface area contributed by atoms with E-state index in [0.717, 1.165) is 37.9 Å². The zero-order valence-electron chi connectivity index (χ0n) is 10.9. The summed E-state index contributed by atoms with van der Waals surface area (Å²) in [6.07, 6.45) is 6.37. The summed E-state index contributed by atoms with van der Waals surface area (Å²) in [7, 11) is 0. The zero-order valence-corrected chi connectivity index (χ0v) is 10.9. The van der Waals surface area contributed by atoms with Gasteiger partial charge in [0.15, 0.2) is 0 Å². The first kappa shape index (κ1) is 12.2. The molecule has 1 saturated carbocycles. The Morgan fingerprint density at radius 1 is 1.41 bits per heavy atom. The lowest BCUT2D eigenvalue weighted by Gasteiger charge is -2.20. The van der Waals surface area contributed by atoms with E-state index in [1.807, 2.05) is 0 Å². The summed E-state index contributed by atoms with van der Waals surface area (Å²) < 4.78 is 2.07. The number of aryl methyl sites for hydroxylation is 2. The largest absolute Gasteiger partial charge is 0.270 e. The van der Waals surface area contributed by atoms with Crippen LogP contribution in [0.3, 0.4) is 0 Å². The fraction of sp³-hybridized carbons (Fsp3) is 0.714. The van der Waals surface area contributed by atoms with Gasteiger partial charge in [-0.2, -0.15) is 10.4 Å². The van der Waals surface area contributed by atoms with Crippen LogP contribution < -0.4 is 0 Å². The highest BCUT2D eigenvalue weighted by molar-refractivity contribution is 5.16. The minimum Gasteiger partial charge on any atom is -0.270 e. The number of hydrogen-bond donors (Lipinski definition) is 0. The summed E-state index contributed by atoms with van der Waals surface area (Å²) >= 11 is 0. The van der Waals surface area contributed by atoms with Crippen molar-refractivity contribution in [3.8, 4) is 6.07 Å². The Kier molecular flexibility index (Phi) is 3.51. The van der Waals surface area contributed by atoms with E-state index < -0.39 is 0 Å². The third-order valence-electron chi connectivity index (χ3n) is 3.89. The van der Waals surface area contributed by atoms with Crippen molar-refractivity contribution in [3.63, 3.8) is 0 Å². The highest BCUT2D eigenvalue weighted by Gasteiger charge is 2.35. The van der Waals surface area contributed by atoms with Crippen LogP contribution in [-0.4, -0.2) is 9.78 Å². The van der Waals surface area contributed by atoms with E-state index in [1.54, 1.807) is 0 Å². The Balaban J connectivity index is 2.22. The van der Waals surface area contributed by atoms with Gasteiger partial charge in [-0.05, 0) is 32.3 Å². The van der Waals surface area contributed by atoms with Crippen LogP contribution >= 0.6 is 0 Å². The van der Waals surface area contributed by atoms with Gasteiger partial charge in [-0.15, -0.1) is 0 Å². The van der Waals surface area contributed by atoms with Crippen LogP contribution in [0.25, 0.3) is 0 Å². The molecule has 3 nitrogen and oxygen atoms in total. The Hall–Kier alpha value is -1.30. The molecule has 0 saturated heterocycles. The molecule has 1 aliphatic carbocycles. The molecule has 0 spiro atoms. The van der Waals surface area contributed by atoms with Crippen molar-refractivity contribution < 1.29 is 0 Å². The third kappa shape index (κ3) is 2.36. The van der Waals surface area contributed by atoms with E-state index in [0.29, 0.717) is 0 Å². The van der Waals surface area contributed by atoms with Gasteiger partial charge >= 0.3 is 0 Å². The number of nitrogens with zero attached hydrogens (tertiary/aromatic N) is 3. The molecule has 0 N–H and O–H groups in total. The molecule has 0 unspecified atom stereocenters. The molecule has 0 bridgehead atoms. The number of aromatic nitrogens is 2. The van der Waals surface area contributed by atoms with Crippen LogP contribution in [0.5, 0.6) is 0 Å². The van der Waals surface area contributed by atoms with Crippen molar-refractivity contribution >= 4 is 0 Å². The minimum absolute atomic E-state index is 0.113. The van der Waals surface area contributed by atoms with Gasteiger partial charge in [0.2, 0.25) is 0 Å². The Morgan fingerprint density at radius 2 is 2.12 bits per heavy atom. The van der Waals surface area contributed by atoms with Crippen molar-refractivity contribution in [1.29, 1.82) is 5.26 Å². The van der Waals surface area contributed by atoms with E-state index in [4.69, 9.17) is 0 Å². The molecular formula is C14H21N3. The van der Waals surface area contributed by atoms with Crippen molar-refractivity contribution in [3.05, 3.63) is 17.5 Å². The van der Waals surface area contributed by atoms with Gasteiger partial charge in [-0.25, -0.2) is 0 Å². The smallest absolute Gasteiger partial charge is 0.0693 e. The molecule has 1 aromatic heterocycles. The van der Waals surface area contributed by atoms with E-state index in [9.17, 15) is 5.26 Å². The molecule has 1 aromatic rings. The maximum absolute atomic E-state index is 9.43. The van der Waals surface area contributed by atoms with Gasteiger partial charge in [0.1, 0.15) is 0 Å². The SMILES string of the molecule is CCc1cc(CC2(C#N)CCCC2)n(CC)n1. The van der Waals surface area contributed by atoms with E-state index in [-0.39, 0.29) is 5.41 Å². The van der Waals surface area contributed by atoms with Crippen LogP contribution in [0.1, 0.15) is 50.9 Å². The molecule has 3 heteroatoms. The first-order valence-corrected chi connectivity index (χ1v) is 6.70. The van der Waals surface area contributed by atoms with Crippen molar-refractivity contribution in [2.24, 2.45) is 5.41 Å². The predicted octanol–water partition coefficient (Wildman–Crippen LogP) is 3.09. The van der Waals surface area contributed by atoms with Crippen LogP contribution in [0.2, 0.25) is 0 Å². The lowest BCUT2D eigenvalue weighted by molar-refractivity contribution is 0.391. The highest BCUT2D eigenvalue weighted by atomic mass is 15.3. The first-order chi connectivity index (χ1) is 8.23. The molecule has 1 aliphatic rings. The lowest BCUT2D eigenvalue weighted by Crippen LogP contribution is -2.19. The first-order valence-electron chi connectivity index (χ1n) is 6.70. The summed E-state index contributed by atoms with van der Waals surface area (Å²) in [6, 6.07) is 4.74. The Labute approximate surface area is 103 Å². The summed E-state index contributed by atoms with van der Waals surface area (Å²) in [5, 5.41) is 14.0. The summed E-state index contributed by atoms with van der Waals surface area (Å²) in [4.78, 5) is 0. The van der Waals surface area contributed by atoms with Gasteiger partial charge in [0.05, 0.1) is 17.2 Å². The molecule has 0 aromatic carbocycles. The molecule has 0 aliphatic heterocycles. The van der Waals surface area contributed by atoms with E-state index in [1.165, 1.54) is 18.5 Å². The standard InChI is InChI=1S/C14H21N3/c1-3-12-9-13(17(4-2)16-12)10-14(11-15)7-5-6-8-14/h9H,3-8,10H2,1-2H3. The number of rotatable bonds is 4. The average molecular weight is 231 g/mol. The zero-order chi connectivity index (χ0) is 12.3. The Morgan fingerprint density at radius 3 is 2.65 bits per heavy atom. The van der Waals surface area contributed by atoms with E-state index in [2.05, 4.69) is 35.8 Å². The second-order valence-corrected chi connectivity index (χ2v) is 5.07. The van der Waals surface area contributed by atoms with Crippen molar-refractivity contribution in [2.75, 3.05) is 0 Å². The quantitative estimate of drug-likeness (QED) is 0.799. The summed E-state index contributed by atoms with van der Waals surface area (Å²) in [5.41, 5.74) is 2.28. The predicted molar refractivity (Wildman–Crippen MR) is 67.5 cm³/mol. The third-order valence-corrected chi connectivity index (χ3v) is 3.89. The average Bonchev–Trinajstić information content (AvgIpc) is 2.97. The van der Waals surface area contributed by atoms with Crippen LogP contribution in [0.4, 0.5) is 0 Å². The minimum atomic E-state index is -0.113. The van der Waals surface area contributed by atoms with Crippen molar-refractivity contribution in [1.82, 2.24) is 9.78 Å². The van der Waals surface area contributed by atoms with Gasteiger partial charge in [-0.1, -0.05) is 19.8 Å². The number of hydrogen-bond acceptors (Lipinski definition) is 2. The molecular weight excluding hydrogens is 210 g/mol. The van der Waals surface area contributed by atoms with Crippen LogP contribution in [0.15, 0.2) is 6.07 Å². The van der Waals surface area contributed by atoms with Crippen LogP contribution in [0, 0.1) is 16.7 Å². The van der Waals surface area contributed by atoms with Crippen LogP contribution in [-0.2, 0) is 19.4 Å². The molecule has 0 amide bonds. The normalized spacial score (nSPS) is 18.2.